The summed E-state index contributed by atoms with van der Waals surface area (Å²) < 4.78 is 2.42. The molecular weight excluding hydrogens is 208 g/mol. The van der Waals surface area contributed by atoms with E-state index in [2.05, 4.69) is 41.6 Å². The third-order valence-electron chi connectivity index (χ3n) is 3.46. The molecule has 1 saturated carbocycles. The molecule has 0 amide bonds. The monoisotopic (exact) mass is 230 g/mol. The average molecular weight is 230 g/mol. The van der Waals surface area contributed by atoms with Gasteiger partial charge in [0.25, 0.3) is 0 Å². The summed E-state index contributed by atoms with van der Waals surface area (Å²) in [5.41, 5.74) is 3.78. The van der Waals surface area contributed by atoms with Crippen LogP contribution in [-0.4, -0.2) is 9.55 Å². The number of rotatable bonds is 1. The van der Waals surface area contributed by atoms with E-state index in [4.69, 9.17) is 0 Å². The van der Waals surface area contributed by atoms with Crippen LogP contribution in [-0.2, 0) is 0 Å². The molecule has 0 saturated heterocycles. The molecule has 0 aliphatic heterocycles. The van der Waals surface area contributed by atoms with Gasteiger partial charge in [-0.1, -0.05) is 19.9 Å². The molecule has 0 unspecified atom stereocenters. The normalized spacial score (nSPS) is 15.3. The van der Waals surface area contributed by atoms with Crippen LogP contribution in [0.15, 0.2) is 18.2 Å². The Hall–Kier alpha value is -1.31. The summed E-state index contributed by atoms with van der Waals surface area (Å²) in [5, 5.41) is 0. The minimum atomic E-state index is 0.705. The first-order valence-electron chi connectivity index (χ1n) is 6.71. The van der Waals surface area contributed by atoms with Gasteiger partial charge >= 0.3 is 0 Å². The first kappa shape index (κ1) is 12.2. The van der Waals surface area contributed by atoms with Crippen molar-refractivity contribution >= 4 is 11.0 Å². The Morgan fingerprint density at radius 3 is 2.47 bits per heavy atom. The van der Waals surface area contributed by atoms with Crippen molar-refractivity contribution in [1.29, 1.82) is 0 Å². The number of aryl methyl sites for hydroxylation is 2. The third kappa shape index (κ3) is 2.08. The number of hydrogen-bond donors (Lipinski definition) is 0. The Morgan fingerprint density at radius 1 is 1.18 bits per heavy atom. The van der Waals surface area contributed by atoms with Crippen LogP contribution in [0.5, 0.6) is 0 Å². The maximum absolute atomic E-state index is 4.62. The number of imidazole rings is 1. The molecule has 0 N–H and O–H groups in total. The smallest absolute Gasteiger partial charge is 0.106 e. The van der Waals surface area contributed by atoms with Crippen molar-refractivity contribution in [2.75, 3.05) is 0 Å². The minimum Gasteiger partial charge on any atom is -0.325 e. The quantitative estimate of drug-likeness (QED) is 0.709. The second-order valence-electron chi connectivity index (χ2n) is 4.61. The van der Waals surface area contributed by atoms with Gasteiger partial charge in [-0.3, -0.25) is 0 Å². The van der Waals surface area contributed by atoms with Crippen LogP contribution in [0.25, 0.3) is 11.0 Å². The fourth-order valence-corrected chi connectivity index (χ4v) is 2.43. The number of nitrogens with zero attached hydrogens (tertiary/aromatic N) is 2. The first-order valence-corrected chi connectivity index (χ1v) is 6.71. The molecule has 2 aromatic rings. The van der Waals surface area contributed by atoms with Crippen molar-refractivity contribution < 1.29 is 0 Å². The number of fused-ring (bicyclic) bond motifs is 1. The summed E-state index contributed by atoms with van der Waals surface area (Å²) in [6, 6.07) is 7.23. The van der Waals surface area contributed by atoms with E-state index in [9.17, 15) is 0 Å². The maximum atomic E-state index is 4.62. The van der Waals surface area contributed by atoms with E-state index in [0.29, 0.717) is 6.04 Å². The molecule has 2 heteroatoms. The lowest BCUT2D eigenvalue weighted by Crippen LogP contribution is -2.17. The van der Waals surface area contributed by atoms with Crippen molar-refractivity contribution in [2.45, 2.75) is 53.0 Å². The van der Waals surface area contributed by atoms with E-state index < -0.39 is 0 Å². The summed E-state index contributed by atoms with van der Waals surface area (Å²) >= 11 is 0. The van der Waals surface area contributed by atoms with Crippen LogP contribution >= 0.6 is 0 Å². The maximum Gasteiger partial charge on any atom is 0.106 e. The Labute approximate surface area is 104 Å². The Morgan fingerprint density at radius 2 is 1.88 bits per heavy atom. The molecule has 17 heavy (non-hydrogen) atoms. The lowest BCUT2D eigenvalue weighted by molar-refractivity contribution is 0.316. The summed E-state index contributed by atoms with van der Waals surface area (Å²) in [6.45, 7) is 8.26. The molecule has 0 bridgehead atoms. The molecule has 1 aromatic heterocycles. The second kappa shape index (κ2) is 4.91. The van der Waals surface area contributed by atoms with Crippen LogP contribution in [0, 0.1) is 13.8 Å². The van der Waals surface area contributed by atoms with Crippen molar-refractivity contribution in [3.05, 3.63) is 29.6 Å². The minimum absolute atomic E-state index is 0.705. The molecule has 0 atom stereocenters. The number of aromatic nitrogens is 2. The molecule has 1 aliphatic rings. The summed E-state index contributed by atoms with van der Waals surface area (Å²) in [4.78, 5) is 4.62. The molecule has 3 rings (SSSR count). The first-order chi connectivity index (χ1) is 8.25. The second-order valence-corrected chi connectivity index (χ2v) is 4.61. The number of hydrogen-bond acceptors (Lipinski definition) is 1. The molecule has 0 spiro atoms. The Balaban J connectivity index is 0.000000514. The Bertz CT molecular complexity index is 507. The molecule has 1 heterocycles. The van der Waals surface area contributed by atoms with Gasteiger partial charge in [0.1, 0.15) is 5.82 Å². The zero-order valence-corrected chi connectivity index (χ0v) is 11.3. The van der Waals surface area contributed by atoms with E-state index in [1.165, 1.54) is 36.2 Å². The van der Waals surface area contributed by atoms with E-state index in [1.54, 1.807) is 0 Å². The van der Waals surface area contributed by atoms with Crippen LogP contribution < -0.4 is 0 Å². The van der Waals surface area contributed by atoms with Crippen LogP contribution in [0.2, 0.25) is 0 Å². The van der Waals surface area contributed by atoms with Crippen LogP contribution in [0.4, 0.5) is 0 Å². The fraction of sp³-hybridized carbons (Fsp3) is 0.533. The van der Waals surface area contributed by atoms with Crippen molar-refractivity contribution in [1.82, 2.24) is 9.55 Å². The molecule has 92 valence electrons. The SMILES string of the molecule is CC.Cc1ccc2nc(C)n(C3CCC3)c2c1. The van der Waals surface area contributed by atoms with Crippen molar-refractivity contribution in [3.8, 4) is 0 Å². The molecule has 1 fully saturated rings. The molecular formula is C15H22N2. The zero-order valence-electron chi connectivity index (χ0n) is 11.3. The Kier molecular flexibility index (Phi) is 3.51. The molecule has 0 radical (unpaired) electrons. The van der Waals surface area contributed by atoms with Gasteiger partial charge in [0.2, 0.25) is 0 Å². The van der Waals surface area contributed by atoms with Gasteiger partial charge in [0, 0.05) is 6.04 Å². The highest BCUT2D eigenvalue weighted by Gasteiger charge is 2.22. The van der Waals surface area contributed by atoms with Crippen molar-refractivity contribution in [3.63, 3.8) is 0 Å². The van der Waals surface area contributed by atoms with Gasteiger partial charge in [0.15, 0.2) is 0 Å². The van der Waals surface area contributed by atoms with Gasteiger partial charge in [-0.25, -0.2) is 4.98 Å². The summed E-state index contributed by atoms with van der Waals surface area (Å²) in [5.74, 6) is 1.17. The van der Waals surface area contributed by atoms with E-state index in [1.807, 2.05) is 13.8 Å². The zero-order chi connectivity index (χ0) is 12.4. The highest BCUT2D eigenvalue weighted by Crippen LogP contribution is 2.35. The van der Waals surface area contributed by atoms with Gasteiger partial charge in [-0.15, -0.1) is 0 Å². The average Bonchev–Trinajstić information content (AvgIpc) is 2.57. The molecule has 2 nitrogen and oxygen atoms in total. The van der Waals surface area contributed by atoms with Gasteiger partial charge in [-0.05, 0) is 50.8 Å². The molecule has 1 aliphatic carbocycles. The van der Waals surface area contributed by atoms with E-state index in [0.717, 1.165) is 5.52 Å². The third-order valence-corrected chi connectivity index (χ3v) is 3.46. The lowest BCUT2D eigenvalue weighted by Gasteiger charge is -2.28. The van der Waals surface area contributed by atoms with Gasteiger partial charge in [-0.2, -0.15) is 0 Å². The van der Waals surface area contributed by atoms with Crippen LogP contribution in [0.1, 0.15) is 50.5 Å². The van der Waals surface area contributed by atoms with Crippen molar-refractivity contribution in [2.24, 2.45) is 0 Å². The topological polar surface area (TPSA) is 17.8 Å². The van der Waals surface area contributed by atoms with Gasteiger partial charge < -0.3 is 4.57 Å². The van der Waals surface area contributed by atoms with E-state index >= 15 is 0 Å². The highest BCUT2D eigenvalue weighted by atomic mass is 15.1. The van der Waals surface area contributed by atoms with E-state index in [-0.39, 0.29) is 0 Å². The highest BCUT2D eigenvalue weighted by molar-refractivity contribution is 5.77. The summed E-state index contributed by atoms with van der Waals surface area (Å²) in [6.07, 6.45) is 4.01. The summed E-state index contributed by atoms with van der Waals surface area (Å²) in [7, 11) is 0. The largest absolute Gasteiger partial charge is 0.325 e. The standard InChI is InChI=1S/C13H16N2.C2H6/c1-9-6-7-12-13(8-9)15(10(2)14-12)11-4-3-5-11;1-2/h6-8,11H,3-5H2,1-2H3;1-2H3. The predicted molar refractivity (Wildman–Crippen MR) is 73.4 cm³/mol. The predicted octanol–water partition coefficient (Wildman–Crippen LogP) is 4.40. The molecule has 1 aromatic carbocycles. The lowest BCUT2D eigenvalue weighted by atomic mass is 9.92. The fourth-order valence-electron chi connectivity index (χ4n) is 2.43. The van der Waals surface area contributed by atoms with Crippen LogP contribution in [0.3, 0.4) is 0 Å². The van der Waals surface area contributed by atoms with Gasteiger partial charge in [0.05, 0.1) is 11.0 Å². The number of benzene rings is 1.